The zero-order chi connectivity index (χ0) is 14.7. The van der Waals surface area contributed by atoms with Crippen molar-refractivity contribution < 1.29 is 9.90 Å². The van der Waals surface area contributed by atoms with Crippen molar-refractivity contribution in [3.05, 3.63) is 43.8 Å². The lowest BCUT2D eigenvalue weighted by Gasteiger charge is -2.08. The van der Waals surface area contributed by atoms with Crippen molar-refractivity contribution in [2.75, 3.05) is 0 Å². The van der Waals surface area contributed by atoms with Crippen molar-refractivity contribution in [2.24, 2.45) is 0 Å². The van der Waals surface area contributed by atoms with Crippen molar-refractivity contribution in [3.63, 3.8) is 0 Å². The molecule has 6 heteroatoms. The molecule has 1 aromatic carbocycles. The van der Waals surface area contributed by atoms with E-state index >= 15 is 0 Å². The van der Waals surface area contributed by atoms with Crippen LogP contribution in [0.4, 0.5) is 0 Å². The van der Waals surface area contributed by atoms with Crippen molar-refractivity contribution in [1.82, 2.24) is 4.57 Å². The molecule has 0 saturated heterocycles. The lowest BCUT2D eigenvalue weighted by molar-refractivity contribution is -0.137. The Morgan fingerprint density at radius 1 is 1.35 bits per heavy atom. The molecule has 0 amide bonds. The molecule has 0 aliphatic heterocycles. The first-order chi connectivity index (χ1) is 9.49. The topological polar surface area (TPSA) is 59.3 Å². The van der Waals surface area contributed by atoms with Gasteiger partial charge in [-0.3, -0.25) is 14.2 Å². The summed E-state index contributed by atoms with van der Waals surface area (Å²) in [7, 11) is 0. The third-order valence-electron chi connectivity index (χ3n) is 2.95. The van der Waals surface area contributed by atoms with Crippen LogP contribution in [-0.4, -0.2) is 15.6 Å². The highest BCUT2D eigenvalue weighted by Gasteiger charge is 2.13. The predicted molar refractivity (Wildman–Crippen MR) is 80.6 cm³/mol. The van der Waals surface area contributed by atoms with Gasteiger partial charge in [0.1, 0.15) is 0 Å². The fourth-order valence-corrected chi connectivity index (χ4v) is 3.08. The third-order valence-corrected chi connectivity index (χ3v) is 4.10. The second-order valence-corrected chi connectivity index (χ2v) is 6.03. The fraction of sp³-hybridized carbons (Fsp3) is 0.286. The van der Waals surface area contributed by atoms with Gasteiger partial charge in [-0.15, -0.1) is 0 Å². The van der Waals surface area contributed by atoms with Gasteiger partial charge in [0, 0.05) is 22.9 Å². The van der Waals surface area contributed by atoms with Crippen LogP contribution in [0.3, 0.4) is 0 Å². The summed E-state index contributed by atoms with van der Waals surface area (Å²) in [5.41, 5.74) is 1.77. The van der Waals surface area contributed by atoms with E-state index < -0.39 is 5.97 Å². The molecule has 0 bridgehead atoms. The molecule has 0 saturated carbocycles. The normalized spacial score (nSPS) is 10.7. The highest BCUT2D eigenvalue weighted by molar-refractivity contribution is 7.09. The number of thiazole rings is 1. The van der Waals surface area contributed by atoms with E-state index in [1.807, 2.05) is 19.1 Å². The van der Waals surface area contributed by atoms with Gasteiger partial charge in [0.25, 0.3) is 0 Å². The Hall–Kier alpha value is -1.59. The standard InChI is InChI=1S/C14H14ClNO3S/c1-9-13(10-4-6-11(15)7-5-10)16(14(19)20-9)8-2-3-12(17)18/h4-7H,2-3,8H2,1H3,(H,17,18). The summed E-state index contributed by atoms with van der Waals surface area (Å²) in [6, 6.07) is 7.29. The molecule has 2 aromatic rings. The number of halogens is 1. The minimum Gasteiger partial charge on any atom is -0.481 e. The predicted octanol–water partition coefficient (Wildman–Crippen LogP) is 3.40. The van der Waals surface area contributed by atoms with Gasteiger partial charge in [-0.2, -0.15) is 0 Å². The summed E-state index contributed by atoms with van der Waals surface area (Å²) in [6.07, 6.45) is 0.493. The molecule has 2 rings (SSSR count). The number of benzene rings is 1. The first-order valence-electron chi connectivity index (χ1n) is 6.17. The van der Waals surface area contributed by atoms with Crippen LogP contribution in [0.1, 0.15) is 17.7 Å². The average Bonchev–Trinajstić information content (AvgIpc) is 2.65. The lowest BCUT2D eigenvalue weighted by Crippen LogP contribution is -2.15. The van der Waals surface area contributed by atoms with Gasteiger partial charge in [-0.05, 0) is 31.0 Å². The van der Waals surface area contributed by atoms with Gasteiger partial charge in [0.2, 0.25) is 0 Å². The Morgan fingerprint density at radius 3 is 2.60 bits per heavy atom. The molecule has 0 aliphatic carbocycles. The van der Waals surface area contributed by atoms with E-state index in [4.69, 9.17) is 16.7 Å². The van der Waals surface area contributed by atoms with E-state index in [0.29, 0.717) is 18.0 Å². The molecular formula is C14H14ClNO3S. The van der Waals surface area contributed by atoms with Crippen LogP contribution in [0, 0.1) is 6.92 Å². The molecule has 1 N–H and O–H groups in total. The molecule has 0 aliphatic rings. The van der Waals surface area contributed by atoms with Gasteiger partial charge >= 0.3 is 10.8 Å². The van der Waals surface area contributed by atoms with Gasteiger partial charge in [-0.25, -0.2) is 0 Å². The summed E-state index contributed by atoms with van der Waals surface area (Å²) in [5.74, 6) is -0.849. The van der Waals surface area contributed by atoms with Crippen LogP contribution >= 0.6 is 22.9 Å². The smallest absolute Gasteiger partial charge is 0.307 e. The first-order valence-corrected chi connectivity index (χ1v) is 7.36. The van der Waals surface area contributed by atoms with Gasteiger partial charge in [-0.1, -0.05) is 35.1 Å². The molecule has 4 nitrogen and oxygen atoms in total. The van der Waals surface area contributed by atoms with E-state index in [9.17, 15) is 9.59 Å². The molecule has 0 spiro atoms. The largest absolute Gasteiger partial charge is 0.481 e. The fourth-order valence-electron chi connectivity index (χ4n) is 2.07. The number of carboxylic acid groups (broad SMARTS) is 1. The van der Waals surface area contributed by atoms with Crippen LogP contribution < -0.4 is 4.87 Å². The van der Waals surface area contributed by atoms with E-state index in [1.54, 1.807) is 16.7 Å². The zero-order valence-corrected chi connectivity index (χ0v) is 12.5. The number of rotatable bonds is 5. The second kappa shape index (κ2) is 6.24. The van der Waals surface area contributed by atoms with E-state index in [-0.39, 0.29) is 11.3 Å². The molecule has 0 atom stereocenters. The van der Waals surface area contributed by atoms with Crippen LogP contribution in [0.5, 0.6) is 0 Å². The van der Waals surface area contributed by atoms with E-state index in [0.717, 1.165) is 16.1 Å². The number of nitrogens with zero attached hydrogens (tertiary/aromatic N) is 1. The lowest BCUT2D eigenvalue weighted by atomic mass is 10.1. The number of carboxylic acids is 1. The summed E-state index contributed by atoms with van der Waals surface area (Å²) >= 11 is 7.05. The van der Waals surface area contributed by atoms with Crippen LogP contribution in [0.25, 0.3) is 11.3 Å². The molecule has 1 heterocycles. The number of aromatic nitrogens is 1. The highest BCUT2D eigenvalue weighted by Crippen LogP contribution is 2.26. The number of aliphatic carboxylic acids is 1. The Kier molecular flexibility index (Phi) is 4.62. The Bertz CT molecular complexity index is 673. The van der Waals surface area contributed by atoms with Gasteiger partial charge in [0.15, 0.2) is 0 Å². The first kappa shape index (κ1) is 14.8. The highest BCUT2D eigenvalue weighted by atomic mass is 35.5. The monoisotopic (exact) mass is 311 g/mol. The van der Waals surface area contributed by atoms with Crippen molar-refractivity contribution in [1.29, 1.82) is 0 Å². The van der Waals surface area contributed by atoms with Gasteiger partial charge in [0.05, 0.1) is 5.69 Å². The van der Waals surface area contributed by atoms with Crippen LogP contribution in [0.2, 0.25) is 5.02 Å². The third kappa shape index (κ3) is 3.29. The quantitative estimate of drug-likeness (QED) is 0.920. The Morgan fingerprint density at radius 2 is 2.00 bits per heavy atom. The maximum absolute atomic E-state index is 12.0. The molecule has 20 heavy (non-hydrogen) atoms. The van der Waals surface area contributed by atoms with Crippen molar-refractivity contribution in [3.8, 4) is 11.3 Å². The van der Waals surface area contributed by atoms with Crippen molar-refractivity contribution in [2.45, 2.75) is 26.3 Å². The summed E-state index contributed by atoms with van der Waals surface area (Å²) in [4.78, 5) is 23.4. The maximum Gasteiger partial charge on any atom is 0.307 e. The summed E-state index contributed by atoms with van der Waals surface area (Å²) in [5, 5.41) is 9.32. The van der Waals surface area contributed by atoms with E-state index in [2.05, 4.69) is 0 Å². The number of hydrogen-bond donors (Lipinski definition) is 1. The average molecular weight is 312 g/mol. The number of aryl methyl sites for hydroxylation is 1. The summed E-state index contributed by atoms with van der Waals surface area (Å²) in [6.45, 7) is 2.30. The Balaban J connectivity index is 2.34. The van der Waals surface area contributed by atoms with Crippen LogP contribution in [-0.2, 0) is 11.3 Å². The minimum absolute atomic E-state index is 0.0569. The van der Waals surface area contributed by atoms with E-state index in [1.165, 1.54) is 11.3 Å². The molecular weight excluding hydrogens is 298 g/mol. The minimum atomic E-state index is -0.849. The number of hydrogen-bond acceptors (Lipinski definition) is 3. The summed E-state index contributed by atoms with van der Waals surface area (Å²) < 4.78 is 1.65. The molecule has 106 valence electrons. The second-order valence-electron chi connectivity index (χ2n) is 4.43. The number of carbonyl (C=O) groups is 1. The Labute approximate surface area is 125 Å². The van der Waals surface area contributed by atoms with Crippen molar-refractivity contribution >= 4 is 28.9 Å². The molecule has 0 radical (unpaired) electrons. The zero-order valence-electron chi connectivity index (χ0n) is 10.9. The molecule has 0 unspecified atom stereocenters. The van der Waals surface area contributed by atoms with Crippen LogP contribution in [0.15, 0.2) is 29.1 Å². The SMILES string of the molecule is Cc1sc(=O)n(CCCC(=O)O)c1-c1ccc(Cl)cc1. The maximum atomic E-state index is 12.0. The molecule has 1 aromatic heterocycles. The van der Waals surface area contributed by atoms with Gasteiger partial charge < -0.3 is 5.11 Å². The molecule has 0 fully saturated rings.